The molecule has 0 aliphatic carbocycles. The summed E-state index contributed by atoms with van der Waals surface area (Å²) in [6.07, 6.45) is 1.71. The molecule has 19 heavy (non-hydrogen) atoms. The maximum atomic E-state index is 13.0. The Kier molecular flexibility index (Phi) is 4.49. The second kappa shape index (κ2) is 6.31. The quantitative estimate of drug-likeness (QED) is 0.870. The van der Waals surface area contributed by atoms with E-state index in [4.69, 9.17) is 0 Å². The molecular weight excluding hydrogens is 243 g/mol. The Bertz CT molecular complexity index is 536. The molecule has 0 atom stereocenters. The molecule has 2 aromatic rings. The fourth-order valence-electron chi connectivity index (χ4n) is 1.92. The van der Waals surface area contributed by atoms with Gasteiger partial charge in [0.1, 0.15) is 11.6 Å². The number of hydrogen-bond donors (Lipinski definition) is 1. The highest BCUT2D eigenvalue weighted by atomic mass is 19.1. The molecular formula is C14H19FN4. The summed E-state index contributed by atoms with van der Waals surface area (Å²) in [4.78, 5) is 4.45. The SMILES string of the molecule is CCc1nc(CC)n(CCNc2cccc(F)c2)n1. The highest BCUT2D eigenvalue weighted by Crippen LogP contribution is 2.09. The monoisotopic (exact) mass is 262 g/mol. The first kappa shape index (κ1) is 13.5. The van der Waals surface area contributed by atoms with E-state index in [1.54, 1.807) is 6.07 Å². The zero-order valence-corrected chi connectivity index (χ0v) is 11.4. The molecule has 1 N–H and O–H groups in total. The van der Waals surface area contributed by atoms with Crippen molar-refractivity contribution < 1.29 is 4.39 Å². The van der Waals surface area contributed by atoms with Crippen LogP contribution in [0.15, 0.2) is 24.3 Å². The molecule has 0 spiro atoms. The molecule has 0 aliphatic heterocycles. The Hall–Kier alpha value is -1.91. The Morgan fingerprint density at radius 3 is 2.79 bits per heavy atom. The van der Waals surface area contributed by atoms with Gasteiger partial charge in [0, 0.05) is 25.1 Å². The van der Waals surface area contributed by atoms with E-state index >= 15 is 0 Å². The predicted octanol–water partition coefficient (Wildman–Crippen LogP) is 2.65. The van der Waals surface area contributed by atoms with Crippen LogP contribution in [0.1, 0.15) is 25.5 Å². The van der Waals surface area contributed by atoms with Crippen molar-refractivity contribution in [3.63, 3.8) is 0 Å². The summed E-state index contributed by atoms with van der Waals surface area (Å²) < 4.78 is 14.9. The van der Waals surface area contributed by atoms with Crippen molar-refractivity contribution in [3.8, 4) is 0 Å². The van der Waals surface area contributed by atoms with Crippen LogP contribution in [0, 0.1) is 5.82 Å². The van der Waals surface area contributed by atoms with Crippen molar-refractivity contribution in [2.45, 2.75) is 33.2 Å². The van der Waals surface area contributed by atoms with Gasteiger partial charge in [0.2, 0.25) is 0 Å². The summed E-state index contributed by atoms with van der Waals surface area (Å²) in [5.74, 6) is 1.65. The summed E-state index contributed by atoms with van der Waals surface area (Å²) in [6, 6.07) is 6.47. The third-order valence-corrected chi connectivity index (χ3v) is 2.90. The topological polar surface area (TPSA) is 42.7 Å². The van der Waals surface area contributed by atoms with Gasteiger partial charge in [-0.3, -0.25) is 0 Å². The Morgan fingerprint density at radius 1 is 1.26 bits per heavy atom. The number of aryl methyl sites for hydroxylation is 2. The first-order valence-corrected chi connectivity index (χ1v) is 6.65. The minimum atomic E-state index is -0.228. The molecule has 0 unspecified atom stereocenters. The second-order valence-corrected chi connectivity index (χ2v) is 4.31. The van der Waals surface area contributed by atoms with Crippen LogP contribution in [-0.4, -0.2) is 21.3 Å². The average Bonchev–Trinajstić information content (AvgIpc) is 2.81. The summed E-state index contributed by atoms with van der Waals surface area (Å²) >= 11 is 0. The molecule has 5 heteroatoms. The lowest BCUT2D eigenvalue weighted by atomic mass is 10.3. The van der Waals surface area contributed by atoms with Gasteiger partial charge in [-0.1, -0.05) is 19.9 Å². The lowest BCUT2D eigenvalue weighted by molar-refractivity contribution is 0.597. The maximum Gasteiger partial charge on any atom is 0.150 e. The molecule has 1 heterocycles. The standard InChI is InChI=1S/C14H19FN4/c1-3-13-17-14(4-2)19(18-13)9-8-16-12-7-5-6-11(15)10-12/h5-7,10,16H,3-4,8-9H2,1-2H3. The van der Waals surface area contributed by atoms with Gasteiger partial charge in [0.15, 0.2) is 5.82 Å². The molecule has 0 bridgehead atoms. The van der Waals surface area contributed by atoms with E-state index in [2.05, 4.69) is 22.3 Å². The Morgan fingerprint density at radius 2 is 2.11 bits per heavy atom. The number of halogens is 1. The maximum absolute atomic E-state index is 13.0. The summed E-state index contributed by atoms with van der Waals surface area (Å²) in [6.45, 7) is 5.54. The van der Waals surface area contributed by atoms with Crippen LogP contribution in [-0.2, 0) is 19.4 Å². The second-order valence-electron chi connectivity index (χ2n) is 4.31. The highest BCUT2D eigenvalue weighted by molar-refractivity contribution is 5.42. The largest absolute Gasteiger partial charge is 0.383 e. The molecule has 102 valence electrons. The minimum absolute atomic E-state index is 0.228. The summed E-state index contributed by atoms with van der Waals surface area (Å²) in [5.41, 5.74) is 0.786. The fourth-order valence-corrected chi connectivity index (χ4v) is 1.92. The van der Waals surface area contributed by atoms with Gasteiger partial charge >= 0.3 is 0 Å². The van der Waals surface area contributed by atoms with Crippen LogP contribution in [0.5, 0.6) is 0 Å². The zero-order valence-electron chi connectivity index (χ0n) is 11.4. The zero-order chi connectivity index (χ0) is 13.7. The molecule has 0 fully saturated rings. The summed E-state index contributed by atoms with van der Waals surface area (Å²) in [5, 5.41) is 7.62. The van der Waals surface area contributed by atoms with Gasteiger partial charge in [-0.2, -0.15) is 5.10 Å². The van der Waals surface area contributed by atoms with Crippen LogP contribution >= 0.6 is 0 Å². The number of benzene rings is 1. The normalized spacial score (nSPS) is 10.7. The van der Waals surface area contributed by atoms with Gasteiger partial charge in [-0.25, -0.2) is 14.1 Å². The molecule has 1 aromatic heterocycles. The van der Waals surface area contributed by atoms with Crippen molar-refractivity contribution in [1.82, 2.24) is 14.8 Å². The molecule has 4 nitrogen and oxygen atoms in total. The third-order valence-electron chi connectivity index (χ3n) is 2.90. The van der Waals surface area contributed by atoms with Crippen LogP contribution in [0.3, 0.4) is 0 Å². The van der Waals surface area contributed by atoms with Crippen LogP contribution in [0.2, 0.25) is 0 Å². The number of nitrogens with zero attached hydrogens (tertiary/aromatic N) is 3. The Balaban J connectivity index is 1.93. The lowest BCUT2D eigenvalue weighted by Gasteiger charge is -2.07. The van der Waals surface area contributed by atoms with Gasteiger partial charge in [-0.15, -0.1) is 0 Å². The van der Waals surface area contributed by atoms with Crippen molar-refractivity contribution in [2.75, 3.05) is 11.9 Å². The number of rotatable bonds is 6. The fraction of sp³-hybridized carbons (Fsp3) is 0.429. The molecule has 0 radical (unpaired) electrons. The molecule has 1 aromatic carbocycles. The van der Waals surface area contributed by atoms with Crippen LogP contribution in [0.4, 0.5) is 10.1 Å². The van der Waals surface area contributed by atoms with Crippen molar-refractivity contribution in [2.24, 2.45) is 0 Å². The average molecular weight is 262 g/mol. The van der Waals surface area contributed by atoms with E-state index in [1.165, 1.54) is 12.1 Å². The van der Waals surface area contributed by atoms with E-state index in [9.17, 15) is 4.39 Å². The Labute approximate surface area is 112 Å². The minimum Gasteiger partial charge on any atom is -0.383 e. The van der Waals surface area contributed by atoms with Crippen LogP contribution in [0.25, 0.3) is 0 Å². The smallest absolute Gasteiger partial charge is 0.150 e. The number of nitrogens with one attached hydrogen (secondary N) is 1. The molecule has 2 rings (SSSR count). The van der Waals surface area contributed by atoms with E-state index < -0.39 is 0 Å². The number of hydrogen-bond acceptors (Lipinski definition) is 3. The van der Waals surface area contributed by atoms with Gasteiger partial charge < -0.3 is 5.32 Å². The molecule has 0 saturated carbocycles. The number of aromatic nitrogens is 3. The molecule has 0 amide bonds. The predicted molar refractivity (Wildman–Crippen MR) is 73.7 cm³/mol. The highest BCUT2D eigenvalue weighted by Gasteiger charge is 2.06. The van der Waals surface area contributed by atoms with Crippen molar-refractivity contribution in [3.05, 3.63) is 41.7 Å². The van der Waals surface area contributed by atoms with E-state index in [0.29, 0.717) is 6.54 Å². The van der Waals surface area contributed by atoms with E-state index in [1.807, 2.05) is 17.7 Å². The molecule has 0 aliphatic rings. The molecule has 0 saturated heterocycles. The van der Waals surface area contributed by atoms with Crippen molar-refractivity contribution >= 4 is 5.69 Å². The van der Waals surface area contributed by atoms with Crippen LogP contribution < -0.4 is 5.32 Å². The van der Waals surface area contributed by atoms with Gasteiger partial charge in [0.25, 0.3) is 0 Å². The number of anilines is 1. The third kappa shape index (κ3) is 3.53. The lowest BCUT2D eigenvalue weighted by Crippen LogP contribution is -2.14. The van der Waals surface area contributed by atoms with Gasteiger partial charge in [0.05, 0.1) is 6.54 Å². The van der Waals surface area contributed by atoms with E-state index in [0.717, 1.165) is 36.7 Å². The van der Waals surface area contributed by atoms with Gasteiger partial charge in [-0.05, 0) is 18.2 Å². The van der Waals surface area contributed by atoms with Crippen molar-refractivity contribution in [1.29, 1.82) is 0 Å². The van der Waals surface area contributed by atoms with E-state index in [-0.39, 0.29) is 5.82 Å². The first-order chi connectivity index (χ1) is 9.22. The first-order valence-electron chi connectivity index (χ1n) is 6.65. The summed E-state index contributed by atoms with van der Waals surface area (Å²) in [7, 11) is 0.